The molecule has 2 heterocycles. The zero-order valence-electron chi connectivity index (χ0n) is 11.4. The quantitative estimate of drug-likeness (QED) is 0.868. The molecule has 1 aliphatic carbocycles. The number of esters is 1. The molecule has 2 aliphatic rings. The molecule has 0 bridgehead atoms. The number of methoxy groups -OCH3 is 1. The molecule has 20 heavy (non-hydrogen) atoms. The number of carbonyl (C=O) groups is 2. The van der Waals surface area contributed by atoms with Gasteiger partial charge in [-0.3, -0.25) is 4.79 Å². The van der Waals surface area contributed by atoms with Gasteiger partial charge in [0, 0.05) is 11.5 Å². The lowest BCUT2D eigenvalue weighted by atomic mass is 10.1. The predicted molar refractivity (Wildman–Crippen MR) is 75.3 cm³/mol. The van der Waals surface area contributed by atoms with Gasteiger partial charge in [-0.25, -0.2) is 4.79 Å². The van der Waals surface area contributed by atoms with Crippen LogP contribution < -0.4 is 5.32 Å². The summed E-state index contributed by atoms with van der Waals surface area (Å²) in [5.74, 6) is -0.528. The van der Waals surface area contributed by atoms with E-state index in [2.05, 4.69) is 5.32 Å². The molecule has 1 fully saturated rings. The maximum atomic E-state index is 12.1. The SMILES string of the molecule is COC(=O)c1c(NC(=O)[C@@H]2CCCO2)sc2c1CCC2. The smallest absolute Gasteiger partial charge is 0.341 e. The second kappa shape index (κ2) is 5.54. The minimum atomic E-state index is -0.391. The van der Waals surface area contributed by atoms with E-state index in [1.807, 2.05) is 0 Å². The summed E-state index contributed by atoms with van der Waals surface area (Å²) in [6.45, 7) is 0.628. The zero-order chi connectivity index (χ0) is 14.1. The Morgan fingerprint density at radius 3 is 2.90 bits per heavy atom. The third-order valence-electron chi connectivity index (χ3n) is 3.77. The van der Waals surface area contributed by atoms with Gasteiger partial charge in [-0.15, -0.1) is 11.3 Å². The molecule has 6 heteroatoms. The van der Waals surface area contributed by atoms with Crippen LogP contribution in [0, 0.1) is 0 Å². The van der Waals surface area contributed by atoms with Crippen LogP contribution in [0.25, 0.3) is 0 Å². The minimum absolute atomic E-state index is 0.160. The van der Waals surface area contributed by atoms with E-state index in [9.17, 15) is 9.59 Å². The molecule has 1 aliphatic heterocycles. The van der Waals surface area contributed by atoms with Crippen molar-refractivity contribution in [1.82, 2.24) is 0 Å². The maximum Gasteiger partial charge on any atom is 0.341 e. The van der Waals surface area contributed by atoms with E-state index in [-0.39, 0.29) is 11.9 Å². The topological polar surface area (TPSA) is 64.6 Å². The number of aryl methyl sites for hydroxylation is 1. The molecule has 1 aromatic rings. The summed E-state index contributed by atoms with van der Waals surface area (Å²) in [6.07, 6.45) is 4.17. The number of hydrogen-bond donors (Lipinski definition) is 1. The van der Waals surface area contributed by atoms with Gasteiger partial charge in [0.05, 0.1) is 12.7 Å². The second-order valence-corrected chi connectivity index (χ2v) is 6.15. The standard InChI is InChI=1S/C14H17NO4S/c1-18-14(17)11-8-4-2-6-10(8)20-13(11)15-12(16)9-5-3-7-19-9/h9H,2-7H2,1H3,(H,15,16)/t9-/m0/s1. The number of nitrogens with one attached hydrogen (secondary N) is 1. The third-order valence-corrected chi connectivity index (χ3v) is 4.98. The fourth-order valence-corrected chi connectivity index (χ4v) is 4.07. The Kier molecular flexibility index (Phi) is 3.76. The van der Waals surface area contributed by atoms with Crippen LogP contribution in [0.1, 0.15) is 40.1 Å². The van der Waals surface area contributed by atoms with Crippen molar-refractivity contribution in [2.45, 2.75) is 38.2 Å². The Bertz CT molecular complexity index is 546. The summed E-state index contributed by atoms with van der Waals surface area (Å²) in [5, 5.41) is 3.46. The molecule has 0 radical (unpaired) electrons. The van der Waals surface area contributed by atoms with Crippen LogP contribution in [0.4, 0.5) is 5.00 Å². The lowest BCUT2D eigenvalue weighted by Gasteiger charge is -2.10. The van der Waals surface area contributed by atoms with E-state index in [0.717, 1.165) is 37.7 Å². The monoisotopic (exact) mass is 295 g/mol. The van der Waals surface area contributed by atoms with Crippen molar-refractivity contribution < 1.29 is 19.1 Å². The molecule has 108 valence electrons. The molecule has 0 aromatic carbocycles. The summed E-state index contributed by atoms with van der Waals surface area (Å²) in [5.41, 5.74) is 1.58. The lowest BCUT2D eigenvalue weighted by molar-refractivity contribution is -0.124. The van der Waals surface area contributed by atoms with Crippen molar-refractivity contribution in [3.63, 3.8) is 0 Å². The number of hydrogen-bond acceptors (Lipinski definition) is 5. The molecule has 5 nitrogen and oxygen atoms in total. The van der Waals surface area contributed by atoms with Gasteiger partial charge in [-0.2, -0.15) is 0 Å². The fraction of sp³-hybridized carbons (Fsp3) is 0.571. The molecule has 1 saturated heterocycles. The molecule has 0 saturated carbocycles. The van der Waals surface area contributed by atoms with Crippen LogP contribution in [0.15, 0.2) is 0 Å². The molecule has 0 spiro atoms. The molecular formula is C14H17NO4S. The van der Waals surface area contributed by atoms with E-state index in [4.69, 9.17) is 9.47 Å². The van der Waals surface area contributed by atoms with Crippen LogP contribution in [0.3, 0.4) is 0 Å². The number of rotatable bonds is 3. The molecule has 1 aromatic heterocycles. The van der Waals surface area contributed by atoms with Crippen molar-refractivity contribution in [3.05, 3.63) is 16.0 Å². The normalized spacial score (nSPS) is 20.8. The number of amides is 1. The van der Waals surface area contributed by atoms with Gasteiger partial charge in [0.2, 0.25) is 0 Å². The van der Waals surface area contributed by atoms with Gasteiger partial charge < -0.3 is 14.8 Å². The van der Waals surface area contributed by atoms with Crippen molar-refractivity contribution in [3.8, 4) is 0 Å². The zero-order valence-corrected chi connectivity index (χ0v) is 12.2. The van der Waals surface area contributed by atoms with Crippen LogP contribution in [-0.4, -0.2) is 31.7 Å². The first-order valence-corrected chi connectivity index (χ1v) is 7.67. The van der Waals surface area contributed by atoms with Crippen molar-refractivity contribution in [1.29, 1.82) is 0 Å². The molecule has 1 N–H and O–H groups in total. The highest BCUT2D eigenvalue weighted by molar-refractivity contribution is 7.17. The Labute approximate surface area is 121 Å². The van der Waals surface area contributed by atoms with Crippen molar-refractivity contribution >= 4 is 28.2 Å². The molecular weight excluding hydrogens is 278 g/mol. The average Bonchev–Trinajstić information content (AvgIpc) is 3.13. The van der Waals surface area contributed by atoms with Crippen LogP contribution in [-0.2, 0) is 27.1 Å². The highest BCUT2D eigenvalue weighted by Crippen LogP contribution is 2.39. The Balaban J connectivity index is 1.85. The minimum Gasteiger partial charge on any atom is -0.465 e. The third kappa shape index (κ3) is 2.33. The van der Waals surface area contributed by atoms with E-state index in [1.54, 1.807) is 0 Å². The first kappa shape index (κ1) is 13.6. The van der Waals surface area contributed by atoms with Gasteiger partial charge in [0.1, 0.15) is 11.1 Å². The molecule has 0 unspecified atom stereocenters. The summed E-state index contributed by atoms with van der Waals surface area (Å²) in [4.78, 5) is 25.3. The number of thiophene rings is 1. The number of fused-ring (bicyclic) bond motifs is 1. The summed E-state index contributed by atoms with van der Waals surface area (Å²) in [7, 11) is 1.37. The summed E-state index contributed by atoms with van der Waals surface area (Å²) < 4.78 is 10.2. The van der Waals surface area contributed by atoms with Gasteiger partial charge in [-0.05, 0) is 37.7 Å². The number of ether oxygens (including phenoxy) is 2. The second-order valence-electron chi connectivity index (χ2n) is 5.04. The van der Waals surface area contributed by atoms with Gasteiger partial charge in [0.25, 0.3) is 5.91 Å². The number of carbonyl (C=O) groups excluding carboxylic acids is 2. The Hall–Kier alpha value is -1.40. The Morgan fingerprint density at radius 1 is 1.35 bits per heavy atom. The van der Waals surface area contributed by atoms with Gasteiger partial charge >= 0.3 is 5.97 Å². The fourth-order valence-electron chi connectivity index (χ4n) is 2.79. The van der Waals surface area contributed by atoms with Crippen molar-refractivity contribution in [2.75, 3.05) is 19.0 Å². The van der Waals surface area contributed by atoms with Gasteiger partial charge in [0.15, 0.2) is 0 Å². The van der Waals surface area contributed by atoms with E-state index in [1.165, 1.54) is 23.3 Å². The molecule has 1 amide bonds. The van der Waals surface area contributed by atoms with Gasteiger partial charge in [-0.1, -0.05) is 0 Å². The number of anilines is 1. The summed E-state index contributed by atoms with van der Waals surface area (Å²) >= 11 is 1.49. The lowest BCUT2D eigenvalue weighted by Crippen LogP contribution is -2.27. The summed E-state index contributed by atoms with van der Waals surface area (Å²) in [6, 6.07) is 0. The van der Waals surface area contributed by atoms with E-state index >= 15 is 0 Å². The predicted octanol–water partition coefficient (Wildman–Crippen LogP) is 2.14. The van der Waals surface area contributed by atoms with Crippen LogP contribution in [0.5, 0.6) is 0 Å². The van der Waals surface area contributed by atoms with E-state index in [0.29, 0.717) is 17.2 Å². The van der Waals surface area contributed by atoms with Crippen molar-refractivity contribution in [2.24, 2.45) is 0 Å². The van der Waals surface area contributed by atoms with Crippen LogP contribution in [0.2, 0.25) is 0 Å². The average molecular weight is 295 g/mol. The Morgan fingerprint density at radius 2 is 2.20 bits per heavy atom. The maximum absolute atomic E-state index is 12.1. The largest absolute Gasteiger partial charge is 0.465 e. The highest BCUT2D eigenvalue weighted by Gasteiger charge is 2.30. The molecule has 1 atom stereocenters. The molecule has 3 rings (SSSR count). The highest BCUT2D eigenvalue weighted by atomic mass is 32.1. The van der Waals surface area contributed by atoms with E-state index < -0.39 is 6.10 Å². The first-order chi connectivity index (χ1) is 9.70. The van der Waals surface area contributed by atoms with Crippen LogP contribution >= 0.6 is 11.3 Å². The first-order valence-electron chi connectivity index (χ1n) is 6.86.